The number of hydrogen-bond acceptors (Lipinski definition) is 8. The normalized spacial score (nSPS) is 13.7. The molecule has 0 radical (unpaired) electrons. The zero-order valence-electron chi connectivity index (χ0n) is 31.2. The van der Waals surface area contributed by atoms with Gasteiger partial charge >= 0.3 is 17.9 Å². The number of carbonyl (C=O) groups excluding carboxylic acids is 3. The fraction of sp³-hybridized carbons (Fsp3) is 0.444. The SMILES string of the molecule is C=CC(=O)OCCCCCCCCCOc1ccc(-c2ccc(OC(=O)c3ccc(OCCCCCCCCCC4CC(=C)C(=O)O4)cc3)cc2)cc1. The lowest BCUT2D eigenvalue weighted by Crippen LogP contribution is -2.08. The van der Waals surface area contributed by atoms with E-state index in [4.69, 9.17) is 23.7 Å². The number of benzene rings is 3. The second-order valence-corrected chi connectivity index (χ2v) is 13.6. The number of rotatable bonds is 26. The van der Waals surface area contributed by atoms with Gasteiger partial charge in [-0.3, -0.25) is 0 Å². The Hall–Kier alpha value is -4.85. The molecule has 3 aromatic rings. The first kappa shape index (κ1) is 40.9. The van der Waals surface area contributed by atoms with Crippen LogP contribution in [0.4, 0.5) is 0 Å². The monoisotopic (exact) mass is 724 g/mol. The Kier molecular flexibility index (Phi) is 18.3. The molecule has 0 spiro atoms. The molecule has 53 heavy (non-hydrogen) atoms. The Balaban J connectivity index is 1.02. The summed E-state index contributed by atoms with van der Waals surface area (Å²) in [4.78, 5) is 35.2. The van der Waals surface area contributed by atoms with Gasteiger partial charge in [0.15, 0.2) is 0 Å². The van der Waals surface area contributed by atoms with Crippen LogP contribution in [0.25, 0.3) is 11.1 Å². The van der Waals surface area contributed by atoms with E-state index in [0.29, 0.717) is 43.1 Å². The van der Waals surface area contributed by atoms with Crippen molar-refractivity contribution < 1.29 is 38.1 Å². The Labute approximate surface area is 315 Å². The third-order valence-electron chi connectivity index (χ3n) is 9.29. The molecular weight excluding hydrogens is 668 g/mol. The van der Waals surface area contributed by atoms with E-state index in [2.05, 4.69) is 13.2 Å². The van der Waals surface area contributed by atoms with Crippen LogP contribution < -0.4 is 14.2 Å². The van der Waals surface area contributed by atoms with Crippen molar-refractivity contribution in [2.45, 2.75) is 109 Å². The Bertz CT molecular complexity index is 1540. The average Bonchev–Trinajstić information content (AvgIpc) is 3.50. The average molecular weight is 725 g/mol. The summed E-state index contributed by atoms with van der Waals surface area (Å²) in [5.74, 6) is 1.08. The number of hydrogen-bond donors (Lipinski definition) is 0. The molecule has 0 N–H and O–H groups in total. The molecule has 3 aromatic carbocycles. The maximum absolute atomic E-state index is 12.8. The first-order valence-electron chi connectivity index (χ1n) is 19.4. The van der Waals surface area contributed by atoms with Crippen molar-refractivity contribution in [3.8, 4) is 28.4 Å². The lowest BCUT2D eigenvalue weighted by atomic mass is 10.0. The third kappa shape index (κ3) is 15.7. The minimum Gasteiger partial charge on any atom is -0.494 e. The number of carbonyl (C=O) groups is 3. The quantitative estimate of drug-likeness (QED) is 0.0349. The van der Waals surface area contributed by atoms with Gasteiger partial charge in [-0.25, -0.2) is 14.4 Å². The summed E-state index contributed by atoms with van der Waals surface area (Å²) in [6.45, 7) is 8.94. The van der Waals surface area contributed by atoms with Crippen LogP contribution in [0.5, 0.6) is 17.2 Å². The van der Waals surface area contributed by atoms with Crippen molar-refractivity contribution in [2.24, 2.45) is 0 Å². The fourth-order valence-corrected chi connectivity index (χ4v) is 6.17. The Morgan fingerprint density at radius 3 is 1.57 bits per heavy atom. The topological polar surface area (TPSA) is 97.4 Å². The molecule has 1 unspecified atom stereocenters. The molecule has 1 heterocycles. The van der Waals surface area contributed by atoms with Crippen molar-refractivity contribution >= 4 is 17.9 Å². The molecule has 4 rings (SSSR count). The maximum Gasteiger partial charge on any atom is 0.343 e. The van der Waals surface area contributed by atoms with E-state index >= 15 is 0 Å². The van der Waals surface area contributed by atoms with Gasteiger partial charge in [-0.05, 0) is 91.8 Å². The first-order valence-corrected chi connectivity index (χ1v) is 19.4. The van der Waals surface area contributed by atoms with Crippen LogP contribution in [-0.2, 0) is 19.1 Å². The van der Waals surface area contributed by atoms with Gasteiger partial charge < -0.3 is 23.7 Å². The molecule has 0 amide bonds. The lowest BCUT2D eigenvalue weighted by Gasteiger charge is -2.09. The van der Waals surface area contributed by atoms with E-state index in [-0.39, 0.29) is 18.0 Å². The number of unbranched alkanes of at least 4 members (excludes halogenated alkanes) is 12. The summed E-state index contributed by atoms with van der Waals surface area (Å²) >= 11 is 0. The fourth-order valence-electron chi connectivity index (χ4n) is 6.17. The zero-order valence-corrected chi connectivity index (χ0v) is 31.2. The molecule has 1 fully saturated rings. The molecule has 1 aliphatic rings. The van der Waals surface area contributed by atoms with Gasteiger partial charge in [0.25, 0.3) is 0 Å². The van der Waals surface area contributed by atoms with E-state index in [9.17, 15) is 14.4 Å². The summed E-state index contributed by atoms with van der Waals surface area (Å²) in [7, 11) is 0. The predicted molar refractivity (Wildman–Crippen MR) is 208 cm³/mol. The summed E-state index contributed by atoms with van der Waals surface area (Å²) in [5, 5.41) is 0. The van der Waals surface area contributed by atoms with Crippen LogP contribution in [0.3, 0.4) is 0 Å². The minimum absolute atomic E-state index is 0.0341. The molecule has 0 saturated carbocycles. The van der Waals surface area contributed by atoms with E-state index < -0.39 is 5.97 Å². The highest BCUT2D eigenvalue weighted by molar-refractivity contribution is 5.91. The maximum atomic E-state index is 12.8. The van der Waals surface area contributed by atoms with Crippen LogP contribution in [0.15, 0.2) is 97.6 Å². The summed E-state index contributed by atoms with van der Waals surface area (Å²) in [5.41, 5.74) is 3.14. The van der Waals surface area contributed by atoms with Gasteiger partial charge in [0.2, 0.25) is 0 Å². The van der Waals surface area contributed by atoms with Crippen LogP contribution >= 0.6 is 0 Å². The molecule has 1 atom stereocenters. The number of ether oxygens (including phenoxy) is 5. The van der Waals surface area contributed by atoms with Gasteiger partial charge in [0, 0.05) is 18.1 Å². The number of cyclic esters (lactones) is 1. The Morgan fingerprint density at radius 1 is 0.623 bits per heavy atom. The number of esters is 3. The molecule has 0 aliphatic carbocycles. The molecule has 1 saturated heterocycles. The van der Waals surface area contributed by atoms with Crippen LogP contribution in [-0.4, -0.2) is 43.8 Å². The molecule has 284 valence electrons. The second kappa shape index (κ2) is 23.7. The van der Waals surface area contributed by atoms with Gasteiger partial charge in [0.05, 0.1) is 25.4 Å². The smallest absolute Gasteiger partial charge is 0.343 e. The van der Waals surface area contributed by atoms with Gasteiger partial charge in [0.1, 0.15) is 23.4 Å². The summed E-state index contributed by atoms with van der Waals surface area (Å²) < 4.78 is 27.7. The minimum atomic E-state index is -0.413. The van der Waals surface area contributed by atoms with Crippen molar-refractivity contribution in [2.75, 3.05) is 19.8 Å². The first-order chi connectivity index (χ1) is 25.9. The molecule has 0 aromatic heterocycles. The van der Waals surface area contributed by atoms with Crippen molar-refractivity contribution in [1.82, 2.24) is 0 Å². The lowest BCUT2D eigenvalue weighted by molar-refractivity contribution is -0.139. The Morgan fingerprint density at radius 2 is 1.08 bits per heavy atom. The van der Waals surface area contributed by atoms with Gasteiger partial charge in [-0.1, -0.05) is 102 Å². The molecule has 0 bridgehead atoms. The van der Waals surface area contributed by atoms with Gasteiger partial charge in [-0.15, -0.1) is 0 Å². The zero-order chi connectivity index (χ0) is 37.5. The molecule has 8 heteroatoms. The largest absolute Gasteiger partial charge is 0.494 e. The van der Waals surface area contributed by atoms with Crippen molar-refractivity contribution in [3.63, 3.8) is 0 Å². The summed E-state index contributed by atoms with van der Waals surface area (Å²) in [6, 6.07) is 22.6. The van der Waals surface area contributed by atoms with E-state index in [1.807, 2.05) is 48.5 Å². The van der Waals surface area contributed by atoms with Crippen LogP contribution in [0, 0.1) is 0 Å². The molecule has 8 nitrogen and oxygen atoms in total. The predicted octanol–water partition coefficient (Wildman–Crippen LogP) is 10.8. The highest BCUT2D eigenvalue weighted by Crippen LogP contribution is 2.26. The molecule has 1 aliphatic heterocycles. The van der Waals surface area contributed by atoms with Crippen LogP contribution in [0.1, 0.15) is 113 Å². The third-order valence-corrected chi connectivity index (χ3v) is 9.29. The van der Waals surface area contributed by atoms with Gasteiger partial charge in [-0.2, -0.15) is 0 Å². The summed E-state index contributed by atoms with van der Waals surface area (Å²) in [6.07, 6.45) is 18.4. The highest BCUT2D eigenvalue weighted by atomic mass is 16.6. The van der Waals surface area contributed by atoms with Crippen molar-refractivity contribution in [3.05, 3.63) is 103 Å². The molecular formula is C45H56O8. The van der Waals surface area contributed by atoms with E-state index in [0.717, 1.165) is 86.8 Å². The highest BCUT2D eigenvalue weighted by Gasteiger charge is 2.26. The van der Waals surface area contributed by atoms with E-state index in [1.54, 1.807) is 24.3 Å². The van der Waals surface area contributed by atoms with E-state index in [1.165, 1.54) is 38.2 Å². The standard InChI is InChI=1S/C45H56O8/c1-3-43(46)51-33-17-13-9-5-8-12-16-31-49-39-25-19-36(20-26-39)37-21-29-41(30-22-37)52-45(48)38-23-27-40(28-24-38)50-32-15-11-7-4-6-10-14-18-42-34-35(2)44(47)53-42/h3,19-30,42H,1-2,4-18,31-34H2. The van der Waals surface area contributed by atoms with Crippen LogP contribution in [0.2, 0.25) is 0 Å². The second-order valence-electron chi connectivity index (χ2n) is 13.6. The van der Waals surface area contributed by atoms with Crippen molar-refractivity contribution in [1.29, 1.82) is 0 Å².